The molecule has 0 aliphatic carbocycles. The van der Waals surface area contributed by atoms with Crippen molar-refractivity contribution in [3.63, 3.8) is 0 Å². The predicted octanol–water partition coefficient (Wildman–Crippen LogP) is 5.46. The molecule has 1 amide bonds. The molecule has 2 aromatic heterocycles. The second-order valence-electron chi connectivity index (χ2n) is 6.16. The first-order valence-corrected chi connectivity index (χ1v) is 10.1. The maximum absolute atomic E-state index is 12.2. The number of hydrogen-bond donors (Lipinski definition) is 2. The van der Waals surface area contributed by atoms with E-state index in [2.05, 4.69) is 39.7 Å². The summed E-state index contributed by atoms with van der Waals surface area (Å²) in [4.78, 5) is 20.9. The summed E-state index contributed by atoms with van der Waals surface area (Å²) in [5.41, 5.74) is 2.81. The molecule has 0 atom stereocenters. The number of nitrogens with zero attached hydrogens (tertiary/aromatic N) is 2. The number of benzene rings is 1. The van der Waals surface area contributed by atoms with Gasteiger partial charge in [0.05, 0.1) is 17.1 Å². The third kappa shape index (κ3) is 6.05. The first kappa shape index (κ1) is 19.3. The number of amides is 1. The number of anilines is 3. The topological polar surface area (TPSA) is 66.9 Å². The predicted molar refractivity (Wildman–Crippen MR) is 112 cm³/mol. The minimum atomic E-state index is -0.0854. The monoisotopic (exact) mass is 400 g/mol. The normalized spacial score (nSPS) is 10.6. The van der Waals surface area contributed by atoms with Crippen LogP contribution >= 0.6 is 22.9 Å². The van der Waals surface area contributed by atoms with E-state index >= 15 is 0 Å². The molecule has 0 aliphatic heterocycles. The van der Waals surface area contributed by atoms with Crippen molar-refractivity contribution in [3.05, 3.63) is 64.3 Å². The van der Waals surface area contributed by atoms with Crippen LogP contribution < -0.4 is 10.6 Å². The minimum absolute atomic E-state index is 0.0854. The molecule has 27 heavy (non-hydrogen) atoms. The molecule has 0 unspecified atom stereocenters. The molecule has 0 aliphatic rings. The fourth-order valence-corrected chi connectivity index (χ4v) is 3.34. The van der Waals surface area contributed by atoms with Crippen molar-refractivity contribution < 1.29 is 4.79 Å². The van der Waals surface area contributed by atoms with Gasteiger partial charge < -0.3 is 10.6 Å². The highest BCUT2D eigenvalue weighted by atomic mass is 35.5. The maximum atomic E-state index is 12.2. The number of pyridine rings is 1. The zero-order chi connectivity index (χ0) is 19.1. The number of unbranched alkanes of at least 4 members (excludes halogenated alkanes) is 1. The lowest BCUT2D eigenvalue weighted by Crippen LogP contribution is -2.14. The molecule has 5 nitrogen and oxygen atoms in total. The molecule has 0 saturated heterocycles. The number of nitrogens with one attached hydrogen (secondary N) is 2. The number of aryl methyl sites for hydroxylation is 1. The highest BCUT2D eigenvalue weighted by molar-refractivity contribution is 7.13. The van der Waals surface area contributed by atoms with Gasteiger partial charge in [0.2, 0.25) is 5.91 Å². The van der Waals surface area contributed by atoms with Crippen LogP contribution in [0.2, 0.25) is 5.02 Å². The van der Waals surface area contributed by atoms with E-state index in [1.807, 2.05) is 17.5 Å². The highest BCUT2D eigenvalue weighted by Gasteiger charge is 2.09. The second kappa shape index (κ2) is 9.48. The number of rotatable bonds is 8. The van der Waals surface area contributed by atoms with E-state index < -0.39 is 0 Å². The number of aromatic nitrogens is 2. The van der Waals surface area contributed by atoms with Crippen molar-refractivity contribution in [1.29, 1.82) is 0 Å². The zero-order valence-corrected chi connectivity index (χ0v) is 16.6. The average molecular weight is 401 g/mol. The lowest BCUT2D eigenvalue weighted by atomic mass is 10.1. The van der Waals surface area contributed by atoms with Gasteiger partial charge in [0.25, 0.3) is 0 Å². The van der Waals surface area contributed by atoms with Crippen molar-refractivity contribution in [2.24, 2.45) is 0 Å². The van der Waals surface area contributed by atoms with E-state index in [0.29, 0.717) is 21.7 Å². The summed E-state index contributed by atoms with van der Waals surface area (Å²) in [7, 11) is 0. The summed E-state index contributed by atoms with van der Waals surface area (Å²) < 4.78 is 0. The van der Waals surface area contributed by atoms with Crippen LogP contribution in [0.1, 0.15) is 31.0 Å². The summed E-state index contributed by atoms with van der Waals surface area (Å²) in [6, 6.07) is 11.6. The lowest BCUT2D eigenvalue weighted by Gasteiger charge is -2.06. The van der Waals surface area contributed by atoms with Crippen molar-refractivity contribution in [1.82, 2.24) is 9.97 Å². The van der Waals surface area contributed by atoms with Crippen LogP contribution in [0.15, 0.2) is 48.0 Å². The molecule has 2 heterocycles. The van der Waals surface area contributed by atoms with E-state index in [0.717, 1.165) is 12.1 Å². The Morgan fingerprint density at radius 3 is 2.70 bits per heavy atom. The molecule has 2 N–H and O–H groups in total. The molecular formula is C20H21ClN4OS. The lowest BCUT2D eigenvalue weighted by molar-refractivity contribution is -0.115. The van der Waals surface area contributed by atoms with Gasteiger partial charge in [-0.05, 0) is 42.7 Å². The standard InChI is InChI=1S/C20H21ClN4OS/c1-2-3-4-14-5-8-16(9-6-14)23-19(26)11-17-13-27-20(24-17)25-18-10-7-15(21)12-22-18/h5-10,12-13H,2-4,11H2,1H3,(H,23,26)(H,22,24,25). The number of halogens is 1. The minimum Gasteiger partial charge on any atom is -0.326 e. The second-order valence-corrected chi connectivity index (χ2v) is 7.45. The molecule has 1 aromatic carbocycles. The Hall–Kier alpha value is -2.44. The van der Waals surface area contributed by atoms with E-state index in [1.165, 1.54) is 29.7 Å². The van der Waals surface area contributed by atoms with Gasteiger partial charge in [-0.25, -0.2) is 9.97 Å². The van der Waals surface area contributed by atoms with Gasteiger partial charge in [-0.2, -0.15) is 0 Å². The van der Waals surface area contributed by atoms with Crippen molar-refractivity contribution in [2.45, 2.75) is 32.6 Å². The van der Waals surface area contributed by atoms with Crippen LogP contribution in [-0.2, 0) is 17.6 Å². The molecule has 7 heteroatoms. The Balaban J connectivity index is 1.52. The molecule has 0 fully saturated rings. The summed E-state index contributed by atoms with van der Waals surface area (Å²) in [5.74, 6) is 0.575. The van der Waals surface area contributed by atoms with Crippen molar-refractivity contribution >= 4 is 45.5 Å². The number of carbonyl (C=O) groups is 1. The SMILES string of the molecule is CCCCc1ccc(NC(=O)Cc2csc(Nc3ccc(Cl)cn3)n2)cc1. The largest absolute Gasteiger partial charge is 0.326 e. The maximum Gasteiger partial charge on any atom is 0.230 e. The Labute approximate surface area is 167 Å². The Bertz CT molecular complexity index is 878. The quantitative estimate of drug-likeness (QED) is 0.527. The van der Waals surface area contributed by atoms with Crippen LogP contribution in [0.4, 0.5) is 16.6 Å². The van der Waals surface area contributed by atoms with Crippen LogP contribution in [0, 0.1) is 0 Å². The molecule has 3 aromatic rings. The molecular weight excluding hydrogens is 380 g/mol. The Morgan fingerprint density at radius 2 is 2.00 bits per heavy atom. The van der Waals surface area contributed by atoms with Crippen LogP contribution in [-0.4, -0.2) is 15.9 Å². The van der Waals surface area contributed by atoms with Gasteiger partial charge in [0.15, 0.2) is 5.13 Å². The summed E-state index contributed by atoms with van der Waals surface area (Å²) in [6.07, 6.45) is 5.22. The smallest absolute Gasteiger partial charge is 0.230 e. The fourth-order valence-electron chi connectivity index (χ4n) is 2.51. The summed E-state index contributed by atoms with van der Waals surface area (Å²) in [5, 5.41) is 9.15. The highest BCUT2D eigenvalue weighted by Crippen LogP contribution is 2.21. The van der Waals surface area contributed by atoms with Crippen molar-refractivity contribution in [3.8, 4) is 0 Å². The third-order valence-electron chi connectivity index (χ3n) is 3.91. The van der Waals surface area contributed by atoms with E-state index in [1.54, 1.807) is 18.3 Å². The summed E-state index contributed by atoms with van der Waals surface area (Å²) >= 11 is 7.26. The molecule has 0 spiro atoms. The van der Waals surface area contributed by atoms with Gasteiger partial charge in [0, 0.05) is 17.3 Å². The molecule has 0 bridgehead atoms. The fraction of sp³-hybridized carbons (Fsp3) is 0.250. The Morgan fingerprint density at radius 1 is 1.19 bits per heavy atom. The molecule has 0 saturated carbocycles. The van der Waals surface area contributed by atoms with Gasteiger partial charge in [-0.1, -0.05) is 37.1 Å². The molecule has 0 radical (unpaired) electrons. The number of thiazole rings is 1. The summed E-state index contributed by atoms with van der Waals surface area (Å²) in [6.45, 7) is 2.18. The van der Waals surface area contributed by atoms with Crippen LogP contribution in [0.25, 0.3) is 0 Å². The first-order chi connectivity index (χ1) is 13.1. The first-order valence-electron chi connectivity index (χ1n) is 8.84. The van der Waals surface area contributed by atoms with Crippen LogP contribution in [0.3, 0.4) is 0 Å². The number of hydrogen-bond acceptors (Lipinski definition) is 5. The van der Waals surface area contributed by atoms with Gasteiger partial charge in [-0.3, -0.25) is 4.79 Å². The van der Waals surface area contributed by atoms with E-state index in [-0.39, 0.29) is 12.3 Å². The van der Waals surface area contributed by atoms with E-state index in [4.69, 9.17) is 11.6 Å². The van der Waals surface area contributed by atoms with Gasteiger partial charge >= 0.3 is 0 Å². The molecule has 140 valence electrons. The zero-order valence-electron chi connectivity index (χ0n) is 15.0. The van der Waals surface area contributed by atoms with Gasteiger partial charge in [-0.15, -0.1) is 11.3 Å². The van der Waals surface area contributed by atoms with Crippen molar-refractivity contribution in [2.75, 3.05) is 10.6 Å². The van der Waals surface area contributed by atoms with E-state index in [9.17, 15) is 4.79 Å². The number of carbonyl (C=O) groups excluding carboxylic acids is 1. The van der Waals surface area contributed by atoms with Crippen LogP contribution in [0.5, 0.6) is 0 Å². The van der Waals surface area contributed by atoms with Gasteiger partial charge in [0.1, 0.15) is 5.82 Å². The third-order valence-corrected chi connectivity index (χ3v) is 4.94. The Kier molecular flexibility index (Phi) is 6.79. The molecule has 3 rings (SSSR count). The average Bonchev–Trinajstić information content (AvgIpc) is 3.09.